The van der Waals surface area contributed by atoms with Gasteiger partial charge in [-0.05, 0) is 36.5 Å². The minimum atomic E-state index is -0.228. The van der Waals surface area contributed by atoms with E-state index in [0.29, 0.717) is 25.0 Å². The number of rotatable bonds is 4. The average Bonchev–Trinajstić information content (AvgIpc) is 2.59. The Balaban J connectivity index is 1.92. The molecule has 1 aromatic carbocycles. The predicted molar refractivity (Wildman–Crippen MR) is 96.3 cm³/mol. The molecule has 0 unspecified atom stereocenters. The second-order valence-electron chi connectivity index (χ2n) is 7.53. The number of methoxy groups -OCH3 is 1. The lowest BCUT2D eigenvalue weighted by atomic mass is 9.56. The molecule has 2 bridgehead atoms. The lowest BCUT2D eigenvalue weighted by molar-refractivity contribution is -0.180. The summed E-state index contributed by atoms with van der Waals surface area (Å²) in [6.45, 7) is 9.16. The van der Waals surface area contributed by atoms with Crippen LogP contribution < -0.4 is 4.74 Å². The molecule has 1 aromatic rings. The Morgan fingerprint density at radius 3 is 2.56 bits per heavy atom. The highest BCUT2D eigenvalue weighted by Gasteiger charge is 2.54. The Bertz CT molecular complexity index is 663. The van der Waals surface area contributed by atoms with E-state index in [1.54, 1.807) is 7.11 Å². The number of esters is 1. The molecular weight excluding hydrogens is 316 g/mol. The van der Waals surface area contributed by atoms with Crippen molar-refractivity contribution in [2.24, 2.45) is 23.2 Å². The van der Waals surface area contributed by atoms with Crippen molar-refractivity contribution in [2.75, 3.05) is 20.3 Å². The van der Waals surface area contributed by atoms with Crippen molar-refractivity contribution in [3.63, 3.8) is 0 Å². The molecule has 25 heavy (non-hydrogen) atoms. The van der Waals surface area contributed by atoms with E-state index < -0.39 is 0 Å². The van der Waals surface area contributed by atoms with Crippen LogP contribution in [0, 0.1) is 23.2 Å². The highest BCUT2D eigenvalue weighted by Crippen LogP contribution is 2.56. The fourth-order valence-electron chi connectivity index (χ4n) is 4.59. The van der Waals surface area contributed by atoms with Crippen molar-refractivity contribution >= 4 is 5.97 Å². The van der Waals surface area contributed by atoms with E-state index >= 15 is 0 Å². The summed E-state index contributed by atoms with van der Waals surface area (Å²) < 4.78 is 17.1. The summed E-state index contributed by atoms with van der Waals surface area (Å²) in [6.07, 6.45) is 2.36. The summed E-state index contributed by atoms with van der Waals surface area (Å²) >= 11 is 0. The number of benzene rings is 1. The van der Waals surface area contributed by atoms with Gasteiger partial charge in [-0.2, -0.15) is 0 Å². The maximum atomic E-state index is 11.4. The summed E-state index contributed by atoms with van der Waals surface area (Å²) in [4.78, 5) is 11.4. The molecule has 1 saturated heterocycles. The van der Waals surface area contributed by atoms with Gasteiger partial charge in [0, 0.05) is 18.3 Å². The molecule has 1 aliphatic carbocycles. The third kappa shape index (κ3) is 3.08. The van der Waals surface area contributed by atoms with Crippen molar-refractivity contribution in [2.45, 2.75) is 33.8 Å². The van der Waals surface area contributed by atoms with Crippen molar-refractivity contribution in [1.82, 2.24) is 0 Å². The zero-order chi connectivity index (χ0) is 18.2. The molecule has 1 aliphatic heterocycles. The average molecular weight is 344 g/mol. The first kappa shape index (κ1) is 18.0. The Morgan fingerprint density at radius 2 is 1.96 bits per heavy atom. The van der Waals surface area contributed by atoms with Crippen molar-refractivity contribution in [3.8, 4) is 5.75 Å². The van der Waals surface area contributed by atoms with Crippen LogP contribution in [0.5, 0.6) is 5.75 Å². The van der Waals surface area contributed by atoms with Crippen LogP contribution in [0.1, 0.15) is 39.4 Å². The molecule has 0 aromatic heterocycles. The summed E-state index contributed by atoms with van der Waals surface area (Å²) in [6, 6.07) is 8.13. The van der Waals surface area contributed by atoms with Crippen LogP contribution in [0.2, 0.25) is 0 Å². The molecule has 0 radical (unpaired) electrons. The molecular formula is C21H28O4. The minimum absolute atomic E-state index is 0.0232. The summed E-state index contributed by atoms with van der Waals surface area (Å²) in [5, 5.41) is 0. The summed E-state index contributed by atoms with van der Waals surface area (Å²) in [5.41, 5.74) is 2.37. The number of carbonyl (C=O) groups is 1. The maximum Gasteiger partial charge on any atom is 0.302 e. The van der Waals surface area contributed by atoms with Crippen molar-refractivity contribution in [3.05, 3.63) is 41.5 Å². The quantitative estimate of drug-likeness (QED) is 0.607. The fraction of sp³-hybridized carbons (Fsp3) is 0.571. The van der Waals surface area contributed by atoms with Crippen LogP contribution >= 0.6 is 0 Å². The van der Waals surface area contributed by atoms with Gasteiger partial charge in [-0.1, -0.05) is 37.6 Å². The van der Waals surface area contributed by atoms with Crippen LogP contribution in [0.3, 0.4) is 0 Å². The second-order valence-corrected chi connectivity index (χ2v) is 7.53. The van der Waals surface area contributed by atoms with E-state index in [-0.39, 0.29) is 23.4 Å². The standard InChI is InChI=1S/C21H28O4/c1-13-10-14(2)21(11-24-16(4)22)12-25-20(19(13)15(21)3)17-6-8-18(23-5)9-7-17/h6-10,14-15,19-20H,11-12H2,1-5H3/t14-,15+,19-,20+,21+/m1/s1. The van der Waals surface area contributed by atoms with E-state index in [1.807, 2.05) is 12.1 Å². The molecule has 0 saturated carbocycles. The number of carbonyl (C=O) groups excluding carboxylic acids is 1. The number of ether oxygens (including phenoxy) is 3. The smallest absolute Gasteiger partial charge is 0.302 e. The highest BCUT2D eigenvalue weighted by atomic mass is 16.5. The van der Waals surface area contributed by atoms with Gasteiger partial charge >= 0.3 is 5.97 Å². The lowest BCUT2D eigenvalue weighted by Crippen LogP contribution is -2.54. The molecule has 0 amide bonds. The highest BCUT2D eigenvalue weighted by molar-refractivity contribution is 5.66. The minimum Gasteiger partial charge on any atom is -0.497 e. The van der Waals surface area contributed by atoms with Gasteiger partial charge < -0.3 is 14.2 Å². The molecule has 0 spiro atoms. The van der Waals surface area contributed by atoms with Crippen LogP contribution in [-0.4, -0.2) is 26.3 Å². The first-order chi connectivity index (χ1) is 11.9. The third-order valence-corrected chi connectivity index (χ3v) is 6.24. The van der Waals surface area contributed by atoms with Crippen LogP contribution in [0.15, 0.2) is 35.9 Å². The number of hydrogen-bond donors (Lipinski definition) is 0. The zero-order valence-electron chi connectivity index (χ0n) is 15.7. The summed E-state index contributed by atoms with van der Waals surface area (Å²) in [5.74, 6) is 1.59. The van der Waals surface area contributed by atoms with E-state index in [4.69, 9.17) is 14.2 Å². The first-order valence-electron chi connectivity index (χ1n) is 8.96. The van der Waals surface area contributed by atoms with Gasteiger partial charge in [0.05, 0.1) is 26.4 Å². The van der Waals surface area contributed by atoms with Crippen molar-refractivity contribution in [1.29, 1.82) is 0 Å². The van der Waals surface area contributed by atoms with Gasteiger partial charge in [0.1, 0.15) is 5.75 Å². The summed E-state index contributed by atoms with van der Waals surface area (Å²) in [7, 11) is 1.67. The molecule has 4 nitrogen and oxygen atoms in total. The molecule has 3 rings (SSSR count). The maximum absolute atomic E-state index is 11.4. The molecule has 5 atom stereocenters. The lowest BCUT2D eigenvalue weighted by Gasteiger charge is -2.55. The Hall–Kier alpha value is -1.81. The zero-order valence-corrected chi connectivity index (χ0v) is 15.7. The van der Waals surface area contributed by atoms with E-state index in [0.717, 1.165) is 5.75 Å². The molecule has 0 N–H and O–H groups in total. The van der Waals surface area contributed by atoms with Crippen LogP contribution in [0.4, 0.5) is 0 Å². The largest absolute Gasteiger partial charge is 0.497 e. The second kappa shape index (κ2) is 6.83. The predicted octanol–water partition coefficient (Wildman–Crippen LogP) is 4.16. The van der Waals surface area contributed by atoms with E-state index in [1.165, 1.54) is 18.1 Å². The Labute approximate surface area is 150 Å². The molecule has 1 heterocycles. The van der Waals surface area contributed by atoms with Gasteiger partial charge in [0.25, 0.3) is 0 Å². The van der Waals surface area contributed by atoms with Gasteiger partial charge in [-0.3, -0.25) is 4.79 Å². The van der Waals surface area contributed by atoms with Gasteiger partial charge in [0.15, 0.2) is 0 Å². The molecule has 2 aliphatic rings. The van der Waals surface area contributed by atoms with Gasteiger partial charge in [-0.15, -0.1) is 0 Å². The van der Waals surface area contributed by atoms with Crippen molar-refractivity contribution < 1.29 is 19.0 Å². The first-order valence-corrected chi connectivity index (χ1v) is 8.96. The van der Waals surface area contributed by atoms with Gasteiger partial charge in [0.2, 0.25) is 0 Å². The molecule has 4 heteroatoms. The van der Waals surface area contributed by atoms with Crippen LogP contribution in [0.25, 0.3) is 0 Å². The normalized spacial score (nSPS) is 34.2. The van der Waals surface area contributed by atoms with E-state index in [9.17, 15) is 4.79 Å². The Morgan fingerprint density at radius 1 is 1.28 bits per heavy atom. The topological polar surface area (TPSA) is 44.8 Å². The molecule has 1 fully saturated rings. The van der Waals surface area contributed by atoms with E-state index in [2.05, 4.69) is 39.0 Å². The molecule has 136 valence electrons. The Kier molecular flexibility index (Phi) is 4.92. The van der Waals surface area contributed by atoms with Crippen LogP contribution in [-0.2, 0) is 14.3 Å². The monoisotopic (exact) mass is 344 g/mol. The SMILES string of the molecule is COc1ccc([C@@H]2OC[C@@]3(COC(C)=O)[C@H](C)C=C(C)[C@@H]2[C@@H]3C)cc1. The fourth-order valence-corrected chi connectivity index (χ4v) is 4.59. The number of allylic oxidation sites excluding steroid dienone is 1. The number of fused-ring (bicyclic) bond motifs is 2. The number of hydrogen-bond acceptors (Lipinski definition) is 4. The van der Waals surface area contributed by atoms with Gasteiger partial charge in [-0.25, -0.2) is 0 Å². The third-order valence-electron chi connectivity index (χ3n) is 6.24.